The Kier molecular flexibility index (Phi) is 4.20. The molecular formula is C22H29N5. The van der Waals surface area contributed by atoms with Crippen LogP contribution >= 0.6 is 0 Å². The number of aromatic nitrogens is 2. The molecule has 0 atom stereocenters. The topological polar surface area (TPSA) is 27.5 Å². The molecular weight excluding hydrogens is 334 g/mol. The van der Waals surface area contributed by atoms with Crippen LogP contribution in [-0.2, 0) is 13.0 Å². The first-order valence-electron chi connectivity index (χ1n) is 10.3. The van der Waals surface area contributed by atoms with Gasteiger partial charge in [-0.1, -0.05) is 6.08 Å². The van der Waals surface area contributed by atoms with Gasteiger partial charge in [-0.2, -0.15) is 0 Å². The molecule has 0 saturated carbocycles. The second-order valence-corrected chi connectivity index (χ2v) is 8.16. The summed E-state index contributed by atoms with van der Waals surface area (Å²) in [5, 5.41) is 0. The summed E-state index contributed by atoms with van der Waals surface area (Å²) in [6.45, 7) is 12.2. The summed E-state index contributed by atoms with van der Waals surface area (Å²) in [5.41, 5.74) is 5.16. The number of rotatable bonds is 3. The number of hydrogen-bond acceptors (Lipinski definition) is 4. The van der Waals surface area contributed by atoms with Crippen LogP contribution in [0.2, 0.25) is 0 Å². The first-order chi connectivity index (χ1) is 13.2. The molecule has 1 aromatic carbocycles. The first kappa shape index (κ1) is 16.9. The number of benzene rings is 1. The Bertz CT molecular complexity index is 899. The average Bonchev–Trinajstić information content (AvgIpc) is 2.86. The highest BCUT2D eigenvalue weighted by molar-refractivity contribution is 5.80. The zero-order valence-electron chi connectivity index (χ0n) is 16.4. The number of allylic oxidation sites excluding steroid dienone is 3. The van der Waals surface area contributed by atoms with Crippen molar-refractivity contribution in [3.8, 4) is 0 Å². The fourth-order valence-corrected chi connectivity index (χ4v) is 4.51. The van der Waals surface area contributed by atoms with Crippen molar-refractivity contribution in [2.45, 2.75) is 32.9 Å². The van der Waals surface area contributed by atoms with E-state index in [1.54, 1.807) is 0 Å². The number of imidazole rings is 1. The molecule has 2 aromatic rings. The van der Waals surface area contributed by atoms with Crippen LogP contribution in [0.25, 0.3) is 11.0 Å². The summed E-state index contributed by atoms with van der Waals surface area (Å²) in [6, 6.07) is 7.49. The molecule has 5 rings (SSSR count). The maximum atomic E-state index is 4.94. The molecule has 1 saturated heterocycles. The van der Waals surface area contributed by atoms with Gasteiger partial charge < -0.3 is 14.4 Å². The molecule has 3 aliphatic rings. The third-order valence-corrected chi connectivity index (χ3v) is 6.32. The van der Waals surface area contributed by atoms with Crippen molar-refractivity contribution in [1.29, 1.82) is 0 Å². The minimum absolute atomic E-state index is 0.642. The van der Waals surface area contributed by atoms with Crippen molar-refractivity contribution in [2.75, 3.05) is 44.2 Å². The highest BCUT2D eigenvalue weighted by atomic mass is 15.3. The number of nitrogens with zero attached hydrogens (tertiary/aromatic N) is 5. The van der Waals surface area contributed by atoms with Crippen molar-refractivity contribution in [3.63, 3.8) is 0 Å². The van der Waals surface area contributed by atoms with Gasteiger partial charge in [0.25, 0.3) is 0 Å². The minimum atomic E-state index is 0.642. The Hall–Kier alpha value is -2.27. The molecule has 0 bridgehead atoms. The van der Waals surface area contributed by atoms with Gasteiger partial charge in [-0.05, 0) is 44.2 Å². The van der Waals surface area contributed by atoms with Gasteiger partial charge in [0.2, 0.25) is 0 Å². The predicted molar refractivity (Wildman–Crippen MR) is 111 cm³/mol. The van der Waals surface area contributed by atoms with Crippen molar-refractivity contribution in [2.24, 2.45) is 0 Å². The van der Waals surface area contributed by atoms with Crippen LogP contribution in [-0.4, -0.2) is 64.7 Å². The zero-order valence-corrected chi connectivity index (χ0v) is 16.4. The van der Waals surface area contributed by atoms with Gasteiger partial charge in [0.1, 0.15) is 5.82 Å². The standard InChI is InChI=1S/C22H29N5/c1-17(2)24-10-12-26(13-11-24)19-6-7-20-21(16-19)27-15-14-25(18-4-3-5-18)9-8-22(27)23-20/h3-7,16-17H,8-15H2,1-2H3. The van der Waals surface area contributed by atoms with E-state index in [1.165, 1.54) is 22.7 Å². The van der Waals surface area contributed by atoms with Crippen LogP contribution in [0.15, 0.2) is 42.1 Å². The van der Waals surface area contributed by atoms with Gasteiger partial charge in [0.05, 0.1) is 11.0 Å². The highest BCUT2D eigenvalue weighted by Gasteiger charge is 2.22. The average molecular weight is 364 g/mol. The van der Waals surface area contributed by atoms with Crippen molar-refractivity contribution >= 4 is 16.7 Å². The summed E-state index contributed by atoms with van der Waals surface area (Å²) in [6.07, 6.45) is 7.56. The van der Waals surface area contributed by atoms with Crippen LogP contribution in [0, 0.1) is 0 Å². The maximum absolute atomic E-state index is 4.94. The van der Waals surface area contributed by atoms with Crippen LogP contribution in [0.5, 0.6) is 0 Å². The van der Waals surface area contributed by atoms with E-state index in [4.69, 9.17) is 4.98 Å². The van der Waals surface area contributed by atoms with Gasteiger partial charge in [0, 0.05) is 69.7 Å². The molecule has 5 heteroatoms. The van der Waals surface area contributed by atoms with Gasteiger partial charge >= 0.3 is 0 Å². The maximum Gasteiger partial charge on any atom is 0.111 e. The third kappa shape index (κ3) is 3.04. The Balaban J connectivity index is 1.38. The third-order valence-electron chi connectivity index (χ3n) is 6.32. The molecule has 0 radical (unpaired) electrons. The van der Waals surface area contributed by atoms with Crippen LogP contribution in [0.3, 0.4) is 0 Å². The number of fused-ring (bicyclic) bond motifs is 3. The normalized spacial score (nSPS) is 20.6. The molecule has 0 unspecified atom stereocenters. The van der Waals surface area contributed by atoms with Gasteiger partial charge in [-0.15, -0.1) is 0 Å². The Morgan fingerprint density at radius 2 is 1.70 bits per heavy atom. The van der Waals surface area contributed by atoms with Gasteiger partial charge in [-0.3, -0.25) is 4.90 Å². The summed E-state index contributed by atoms with van der Waals surface area (Å²) < 4.78 is 2.45. The van der Waals surface area contributed by atoms with Crippen LogP contribution < -0.4 is 4.90 Å². The molecule has 2 aliphatic heterocycles. The number of anilines is 1. The molecule has 0 N–H and O–H groups in total. The van der Waals surface area contributed by atoms with E-state index >= 15 is 0 Å². The minimum Gasteiger partial charge on any atom is -0.369 e. The molecule has 1 fully saturated rings. The first-order valence-corrected chi connectivity index (χ1v) is 10.3. The largest absolute Gasteiger partial charge is 0.369 e. The molecule has 1 aliphatic carbocycles. The Morgan fingerprint density at radius 1 is 0.926 bits per heavy atom. The lowest BCUT2D eigenvalue weighted by Gasteiger charge is -2.38. The molecule has 5 nitrogen and oxygen atoms in total. The monoisotopic (exact) mass is 363 g/mol. The van der Waals surface area contributed by atoms with Gasteiger partial charge in [-0.25, -0.2) is 4.98 Å². The quantitative estimate of drug-likeness (QED) is 0.838. The van der Waals surface area contributed by atoms with Crippen molar-refractivity contribution in [1.82, 2.24) is 19.4 Å². The summed E-state index contributed by atoms with van der Waals surface area (Å²) in [4.78, 5) is 12.5. The highest BCUT2D eigenvalue weighted by Crippen LogP contribution is 2.27. The van der Waals surface area contributed by atoms with Crippen molar-refractivity contribution in [3.05, 3.63) is 47.9 Å². The van der Waals surface area contributed by atoms with Gasteiger partial charge in [0.15, 0.2) is 0 Å². The summed E-state index contributed by atoms with van der Waals surface area (Å²) >= 11 is 0. The van der Waals surface area contributed by atoms with Crippen molar-refractivity contribution < 1.29 is 0 Å². The van der Waals surface area contributed by atoms with E-state index in [9.17, 15) is 0 Å². The van der Waals surface area contributed by atoms with E-state index in [1.807, 2.05) is 0 Å². The fourth-order valence-electron chi connectivity index (χ4n) is 4.51. The zero-order chi connectivity index (χ0) is 18.4. The van der Waals surface area contributed by atoms with E-state index in [0.29, 0.717) is 6.04 Å². The summed E-state index contributed by atoms with van der Waals surface area (Å²) in [5.74, 6) is 1.23. The fraction of sp³-hybridized carbons (Fsp3) is 0.500. The summed E-state index contributed by atoms with van der Waals surface area (Å²) in [7, 11) is 0. The van der Waals surface area contributed by atoms with Crippen LogP contribution in [0.4, 0.5) is 5.69 Å². The number of hydrogen-bond donors (Lipinski definition) is 0. The predicted octanol–water partition coefficient (Wildman–Crippen LogP) is 2.88. The van der Waals surface area contributed by atoms with E-state index < -0.39 is 0 Å². The Labute approximate surface area is 161 Å². The lowest BCUT2D eigenvalue weighted by molar-refractivity contribution is 0.209. The van der Waals surface area contributed by atoms with E-state index in [-0.39, 0.29) is 0 Å². The van der Waals surface area contributed by atoms with E-state index in [2.05, 4.69) is 69.5 Å². The lowest BCUT2D eigenvalue weighted by Crippen LogP contribution is -2.48. The molecule has 3 heterocycles. The van der Waals surface area contributed by atoms with E-state index in [0.717, 1.165) is 57.8 Å². The molecule has 142 valence electrons. The smallest absolute Gasteiger partial charge is 0.111 e. The molecule has 27 heavy (non-hydrogen) atoms. The second-order valence-electron chi connectivity index (χ2n) is 8.16. The van der Waals surface area contributed by atoms with Crippen LogP contribution in [0.1, 0.15) is 19.7 Å². The second kappa shape index (κ2) is 6.71. The molecule has 0 amide bonds. The lowest BCUT2D eigenvalue weighted by atomic mass is 10.2. The molecule has 1 aromatic heterocycles. The Morgan fingerprint density at radius 3 is 2.41 bits per heavy atom. The SMILES string of the molecule is CC(C)N1CCN(c2ccc3nc4n(c3c2)CCN(C2=CC=C2)CC4)CC1. The molecule has 0 spiro atoms. The number of piperazine rings is 1.